The Kier molecular flexibility index (Phi) is 29.5. The van der Waals surface area contributed by atoms with Crippen LogP contribution in [0.1, 0.15) is 136 Å². The monoisotopic (exact) mass is 684 g/mol. The Morgan fingerprint density at radius 2 is 1.23 bits per heavy atom. The molecule has 0 aromatic rings. The molecule has 3 unspecified atom stereocenters. The van der Waals surface area contributed by atoms with E-state index in [1.54, 1.807) is 6.08 Å². The Balaban J connectivity index is 4.58. The fraction of sp³-hybridized carbons (Fsp3) is 0.763. The van der Waals surface area contributed by atoms with Gasteiger partial charge in [-0.25, -0.2) is 4.57 Å². The maximum Gasteiger partial charge on any atom is 0.472 e. The highest BCUT2D eigenvalue weighted by atomic mass is 31.2. The number of carbonyl (C=O) groups excluding carboxylic acids is 1. The van der Waals surface area contributed by atoms with Crippen LogP contribution in [-0.2, 0) is 18.4 Å². The third kappa shape index (κ3) is 32.8. The number of rotatable bonds is 32. The molecule has 0 aromatic carbocycles. The molecule has 0 aliphatic heterocycles. The number of phosphoric acid groups is 1. The number of quaternary nitrogens is 1. The van der Waals surface area contributed by atoms with Crippen LogP contribution >= 0.6 is 7.82 Å². The SMILES string of the molecule is CC/C=C/CC/C=C/CC/C=C/C(O)C(COP(=O)(O)OCC[N+](C)(C)C)NC(=O)CCCCCCC/C=C\CCCCCCCC. The summed E-state index contributed by atoms with van der Waals surface area (Å²) >= 11 is 0. The summed E-state index contributed by atoms with van der Waals surface area (Å²) < 4.78 is 23.4. The molecule has 47 heavy (non-hydrogen) atoms. The summed E-state index contributed by atoms with van der Waals surface area (Å²) in [6.07, 6.45) is 36.1. The molecule has 8 nitrogen and oxygen atoms in total. The molecule has 0 aliphatic rings. The second-order valence-corrected chi connectivity index (χ2v) is 15.0. The summed E-state index contributed by atoms with van der Waals surface area (Å²) in [5, 5.41) is 13.7. The molecule has 3 atom stereocenters. The van der Waals surface area contributed by atoms with Gasteiger partial charge in [0.1, 0.15) is 13.2 Å². The van der Waals surface area contributed by atoms with Gasteiger partial charge in [0.05, 0.1) is 39.9 Å². The summed E-state index contributed by atoms with van der Waals surface area (Å²) in [6.45, 7) is 4.61. The molecule has 9 heteroatoms. The zero-order chi connectivity index (χ0) is 35.1. The number of nitrogens with one attached hydrogen (secondary N) is 1. The van der Waals surface area contributed by atoms with E-state index < -0.39 is 20.0 Å². The van der Waals surface area contributed by atoms with E-state index in [0.717, 1.165) is 64.2 Å². The van der Waals surface area contributed by atoms with Crippen molar-refractivity contribution in [3.05, 3.63) is 48.6 Å². The zero-order valence-electron chi connectivity index (χ0n) is 30.8. The molecule has 0 fully saturated rings. The lowest BCUT2D eigenvalue weighted by Crippen LogP contribution is -2.45. The lowest BCUT2D eigenvalue weighted by atomic mass is 10.1. The first kappa shape index (κ1) is 45.5. The smallest absolute Gasteiger partial charge is 0.387 e. The number of hydrogen-bond donors (Lipinski definition) is 3. The number of aliphatic hydroxyl groups is 1. The Labute approximate surface area is 289 Å². The number of carbonyl (C=O) groups is 1. The Morgan fingerprint density at radius 1 is 0.723 bits per heavy atom. The quantitative estimate of drug-likeness (QED) is 0.0283. The van der Waals surface area contributed by atoms with Crippen molar-refractivity contribution in [3.63, 3.8) is 0 Å². The van der Waals surface area contributed by atoms with Gasteiger partial charge in [-0.1, -0.05) is 114 Å². The van der Waals surface area contributed by atoms with Gasteiger partial charge in [0, 0.05) is 6.42 Å². The normalized spacial score (nSPS) is 15.3. The first-order valence-corrected chi connectivity index (χ1v) is 20.0. The van der Waals surface area contributed by atoms with Gasteiger partial charge in [-0.05, 0) is 64.2 Å². The minimum absolute atomic E-state index is 0.0502. The van der Waals surface area contributed by atoms with Crippen molar-refractivity contribution in [2.75, 3.05) is 40.9 Å². The topological polar surface area (TPSA) is 105 Å². The Morgan fingerprint density at radius 3 is 1.81 bits per heavy atom. The maximum absolute atomic E-state index is 12.8. The van der Waals surface area contributed by atoms with Gasteiger partial charge < -0.3 is 19.8 Å². The summed E-state index contributed by atoms with van der Waals surface area (Å²) in [5.74, 6) is -0.206. The van der Waals surface area contributed by atoms with E-state index in [4.69, 9.17) is 9.05 Å². The van der Waals surface area contributed by atoms with Crippen LogP contribution in [0.15, 0.2) is 48.6 Å². The Hall–Kier alpha value is -1.54. The van der Waals surface area contributed by atoms with Crippen LogP contribution in [-0.4, -0.2) is 73.4 Å². The summed E-state index contributed by atoms with van der Waals surface area (Å²) in [5.41, 5.74) is 0. The van der Waals surface area contributed by atoms with Gasteiger partial charge in [-0.15, -0.1) is 0 Å². The third-order valence-electron chi connectivity index (χ3n) is 7.76. The highest BCUT2D eigenvalue weighted by Crippen LogP contribution is 2.43. The highest BCUT2D eigenvalue weighted by molar-refractivity contribution is 7.47. The molecule has 0 aliphatic carbocycles. The van der Waals surface area contributed by atoms with E-state index >= 15 is 0 Å². The van der Waals surface area contributed by atoms with Gasteiger partial charge in [0.25, 0.3) is 0 Å². The van der Waals surface area contributed by atoms with Crippen LogP contribution in [0.5, 0.6) is 0 Å². The van der Waals surface area contributed by atoms with Crippen LogP contribution in [0.25, 0.3) is 0 Å². The summed E-state index contributed by atoms with van der Waals surface area (Å²) in [7, 11) is 1.53. The largest absolute Gasteiger partial charge is 0.472 e. The average molecular weight is 684 g/mol. The first-order chi connectivity index (χ1) is 22.5. The molecule has 3 N–H and O–H groups in total. The summed E-state index contributed by atoms with van der Waals surface area (Å²) in [6, 6.07) is -0.870. The van der Waals surface area contributed by atoms with E-state index in [0.29, 0.717) is 17.4 Å². The number of aliphatic hydroxyl groups excluding tert-OH is 1. The molecule has 0 saturated carbocycles. The molecule has 0 rings (SSSR count). The number of amides is 1. The first-order valence-electron chi connectivity index (χ1n) is 18.5. The molecular weight excluding hydrogens is 611 g/mol. The number of unbranched alkanes of at least 4 members (excludes halogenated alkanes) is 13. The molecule has 274 valence electrons. The van der Waals surface area contributed by atoms with Crippen molar-refractivity contribution in [1.82, 2.24) is 5.32 Å². The fourth-order valence-electron chi connectivity index (χ4n) is 4.78. The van der Waals surface area contributed by atoms with Crippen molar-refractivity contribution >= 4 is 13.7 Å². The number of likely N-dealkylation sites (N-methyl/N-ethyl adjacent to an activating group) is 1. The van der Waals surface area contributed by atoms with Crippen molar-refractivity contribution in [3.8, 4) is 0 Å². The second-order valence-electron chi connectivity index (χ2n) is 13.5. The third-order valence-corrected chi connectivity index (χ3v) is 8.74. The minimum atomic E-state index is -4.34. The van der Waals surface area contributed by atoms with Gasteiger partial charge in [0.15, 0.2) is 0 Å². The predicted octanol–water partition coefficient (Wildman–Crippen LogP) is 9.35. The van der Waals surface area contributed by atoms with Crippen molar-refractivity contribution < 1.29 is 32.9 Å². The molecule has 0 spiro atoms. The number of phosphoric ester groups is 1. The van der Waals surface area contributed by atoms with Gasteiger partial charge >= 0.3 is 7.82 Å². The van der Waals surface area contributed by atoms with Crippen molar-refractivity contribution in [1.29, 1.82) is 0 Å². The van der Waals surface area contributed by atoms with Crippen LogP contribution in [0.4, 0.5) is 0 Å². The van der Waals surface area contributed by atoms with Crippen LogP contribution in [0.3, 0.4) is 0 Å². The number of nitrogens with zero attached hydrogens (tertiary/aromatic N) is 1. The number of allylic oxidation sites excluding steroid dienone is 7. The molecule has 1 amide bonds. The molecule has 0 heterocycles. The van der Waals surface area contributed by atoms with Crippen LogP contribution < -0.4 is 5.32 Å². The molecular formula is C38H72N2O6P+. The highest BCUT2D eigenvalue weighted by Gasteiger charge is 2.27. The molecule has 0 bridgehead atoms. The van der Waals surface area contributed by atoms with Gasteiger partial charge in [0.2, 0.25) is 5.91 Å². The fourth-order valence-corrected chi connectivity index (χ4v) is 5.51. The van der Waals surface area contributed by atoms with Crippen LogP contribution in [0.2, 0.25) is 0 Å². The molecule has 0 aromatic heterocycles. The van der Waals surface area contributed by atoms with E-state index in [-0.39, 0.29) is 19.1 Å². The van der Waals surface area contributed by atoms with Crippen molar-refractivity contribution in [2.24, 2.45) is 0 Å². The van der Waals surface area contributed by atoms with Gasteiger partial charge in [-0.3, -0.25) is 13.8 Å². The van der Waals surface area contributed by atoms with E-state index in [9.17, 15) is 19.4 Å². The lowest BCUT2D eigenvalue weighted by molar-refractivity contribution is -0.870. The average Bonchev–Trinajstić information content (AvgIpc) is 3.01. The summed E-state index contributed by atoms with van der Waals surface area (Å²) in [4.78, 5) is 22.9. The minimum Gasteiger partial charge on any atom is -0.387 e. The van der Waals surface area contributed by atoms with Crippen LogP contribution in [0, 0.1) is 0 Å². The zero-order valence-corrected chi connectivity index (χ0v) is 31.6. The lowest BCUT2D eigenvalue weighted by Gasteiger charge is -2.25. The molecule has 0 saturated heterocycles. The van der Waals surface area contributed by atoms with E-state index in [1.807, 2.05) is 27.2 Å². The van der Waals surface area contributed by atoms with Gasteiger partial charge in [-0.2, -0.15) is 0 Å². The maximum atomic E-state index is 12.8. The predicted molar refractivity (Wildman–Crippen MR) is 198 cm³/mol. The Bertz CT molecular complexity index is 912. The van der Waals surface area contributed by atoms with Crippen molar-refractivity contribution in [2.45, 2.75) is 148 Å². The van der Waals surface area contributed by atoms with E-state index in [1.165, 1.54) is 51.4 Å². The second kappa shape index (κ2) is 30.5. The number of hydrogen-bond acceptors (Lipinski definition) is 5. The standard InChI is InChI=1S/C38H71N2O6P/c1-6-8-10-12-14-16-18-19-20-21-22-24-26-28-30-32-38(42)39-36(35-46-47(43,44)45-34-33-40(3,4)5)37(41)31-29-27-25-23-17-15-13-11-9-7-2/h9,11,17,19-20,23,29,31,36-37,41H,6-8,10,12-16,18,21-22,24-28,30,32-35H2,1-5H3,(H-,39,42,43,44)/p+1/b11-9+,20-19-,23-17+,31-29+. The molecule has 0 radical (unpaired) electrons. The van der Waals surface area contributed by atoms with E-state index in [2.05, 4.69) is 55.6 Å².